The largest absolute Gasteiger partial charge is 0.397 e. The second-order valence-electron chi connectivity index (χ2n) is 5.86. The van der Waals surface area contributed by atoms with Crippen molar-refractivity contribution < 1.29 is 4.79 Å². The number of piperidine rings is 1. The van der Waals surface area contributed by atoms with Crippen LogP contribution in [0.15, 0.2) is 12.1 Å². The van der Waals surface area contributed by atoms with Gasteiger partial charge in [-0.05, 0) is 37.8 Å². The van der Waals surface area contributed by atoms with Crippen LogP contribution in [-0.4, -0.2) is 29.9 Å². The molecule has 3 N–H and O–H groups in total. The minimum Gasteiger partial charge on any atom is -0.397 e. The highest BCUT2D eigenvalue weighted by molar-refractivity contribution is 6.37. The molecule has 1 heterocycles. The molecule has 0 aliphatic carbocycles. The Bertz CT molecular complexity index is 513. The number of nitrogens with one attached hydrogen (secondary N) is 1. The number of nitrogens with zero attached hydrogens (tertiary/aromatic N) is 1. The molecular formula is C15H21Cl2N3O. The maximum Gasteiger partial charge on any atom is 0.238 e. The third-order valence-electron chi connectivity index (χ3n) is 3.94. The summed E-state index contributed by atoms with van der Waals surface area (Å²) in [6, 6.07) is 3.57. The highest BCUT2D eigenvalue weighted by Crippen LogP contribution is 2.32. The average Bonchev–Trinajstić information content (AvgIpc) is 2.38. The van der Waals surface area contributed by atoms with Gasteiger partial charge in [0.1, 0.15) is 0 Å². The highest BCUT2D eigenvalue weighted by atomic mass is 35.5. The third kappa shape index (κ3) is 4.25. The number of rotatable bonds is 3. The van der Waals surface area contributed by atoms with E-state index in [9.17, 15) is 4.79 Å². The van der Waals surface area contributed by atoms with Crippen LogP contribution in [0, 0.1) is 5.92 Å². The van der Waals surface area contributed by atoms with Crippen LogP contribution < -0.4 is 11.1 Å². The van der Waals surface area contributed by atoms with Crippen molar-refractivity contribution in [2.45, 2.75) is 32.7 Å². The van der Waals surface area contributed by atoms with Gasteiger partial charge in [-0.2, -0.15) is 0 Å². The summed E-state index contributed by atoms with van der Waals surface area (Å²) < 4.78 is 0. The molecule has 1 amide bonds. The molecule has 1 fully saturated rings. The maximum absolute atomic E-state index is 12.2. The molecule has 0 bridgehead atoms. The topological polar surface area (TPSA) is 58.4 Å². The molecule has 1 aromatic rings. The Hall–Kier alpha value is -0.970. The van der Waals surface area contributed by atoms with E-state index in [-0.39, 0.29) is 5.91 Å². The van der Waals surface area contributed by atoms with Crippen LogP contribution in [-0.2, 0) is 4.79 Å². The Kier molecular flexibility index (Phi) is 5.36. The molecule has 2 atom stereocenters. The van der Waals surface area contributed by atoms with Gasteiger partial charge in [0, 0.05) is 17.6 Å². The zero-order valence-electron chi connectivity index (χ0n) is 12.3. The van der Waals surface area contributed by atoms with Crippen molar-refractivity contribution in [2.24, 2.45) is 5.92 Å². The molecule has 4 nitrogen and oxygen atoms in total. The normalized spacial score (nSPS) is 23.0. The van der Waals surface area contributed by atoms with Gasteiger partial charge in [0.25, 0.3) is 0 Å². The molecule has 1 aliphatic rings. The van der Waals surface area contributed by atoms with Gasteiger partial charge in [-0.3, -0.25) is 9.69 Å². The smallest absolute Gasteiger partial charge is 0.238 e. The number of carbonyl (C=O) groups excluding carboxylic acids is 1. The third-order valence-corrected chi connectivity index (χ3v) is 4.46. The van der Waals surface area contributed by atoms with E-state index in [0.29, 0.717) is 39.9 Å². The number of carbonyl (C=O) groups is 1. The second-order valence-corrected chi connectivity index (χ2v) is 6.70. The van der Waals surface area contributed by atoms with Crippen molar-refractivity contribution >= 4 is 40.5 Å². The molecule has 116 valence electrons. The molecule has 0 aromatic heterocycles. The second kappa shape index (κ2) is 6.86. The Balaban J connectivity index is 2.02. The van der Waals surface area contributed by atoms with Crippen LogP contribution in [0.5, 0.6) is 0 Å². The molecule has 0 radical (unpaired) electrons. The first-order valence-corrected chi connectivity index (χ1v) is 7.91. The summed E-state index contributed by atoms with van der Waals surface area (Å²) in [7, 11) is 0. The monoisotopic (exact) mass is 329 g/mol. The molecular weight excluding hydrogens is 309 g/mol. The van der Waals surface area contributed by atoms with E-state index >= 15 is 0 Å². The lowest BCUT2D eigenvalue weighted by atomic mass is 9.95. The van der Waals surface area contributed by atoms with Gasteiger partial charge in [-0.1, -0.05) is 30.1 Å². The van der Waals surface area contributed by atoms with Gasteiger partial charge in [0.05, 0.1) is 22.9 Å². The maximum atomic E-state index is 12.2. The van der Waals surface area contributed by atoms with E-state index in [2.05, 4.69) is 24.1 Å². The standard InChI is InChI=1S/C15H21Cl2N3O/c1-9-3-4-10(2)20(7-9)8-14(21)19-15-12(17)5-11(16)6-13(15)18/h5-6,9-10H,3-4,7-8,18H2,1-2H3,(H,19,21). The van der Waals surface area contributed by atoms with E-state index in [1.165, 1.54) is 6.42 Å². The Morgan fingerprint density at radius 2 is 2.10 bits per heavy atom. The minimum atomic E-state index is -0.105. The predicted octanol–water partition coefficient (Wildman–Crippen LogP) is 3.63. The summed E-state index contributed by atoms with van der Waals surface area (Å²) in [5, 5.41) is 3.60. The van der Waals surface area contributed by atoms with Gasteiger partial charge < -0.3 is 11.1 Å². The van der Waals surface area contributed by atoms with Crippen LogP contribution >= 0.6 is 23.2 Å². The zero-order valence-corrected chi connectivity index (χ0v) is 13.8. The molecule has 1 aliphatic heterocycles. The van der Waals surface area contributed by atoms with E-state index in [0.717, 1.165) is 13.0 Å². The number of nitrogen functional groups attached to an aromatic ring is 1. The van der Waals surface area contributed by atoms with Crippen LogP contribution in [0.2, 0.25) is 10.0 Å². The van der Waals surface area contributed by atoms with Crippen molar-refractivity contribution in [3.8, 4) is 0 Å². The van der Waals surface area contributed by atoms with Gasteiger partial charge in [-0.25, -0.2) is 0 Å². The van der Waals surface area contributed by atoms with Gasteiger partial charge in [-0.15, -0.1) is 0 Å². The Labute approximate surface area is 135 Å². The van der Waals surface area contributed by atoms with Crippen molar-refractivity contribution in [3.05, 3.63) is 22.2 Å². The first kappa shape index (κ1) is 16.4. The highest BCUT2D eigenvalue weighted by Gasteiger charge is 2.24. The number of nitrogens with two attached hydrogens (primary N) is 1. The summed E-state index contributed by atoms with van der Waals surface area (Å²) in [5.74, 6) is 0.519. The fourth-order valence-electron chi connectivity index (χ4n) is 2.69. The minimum absolute atomic E-state index is 0.105. The SMILES string of the molecule is CC1CCC(C)N(CC(=O)Nc2c(N)cc(Cl)cc2Cl)C1. The number of anilines is 2. The van der Waals surface area contributed by atoms with E-state index in [1.54, 1.807) is 12.1 Å². The quantitative estimate of drug-likeness (QED) is 0.832. The molecule has 0 spiro atoms. The Morgan fingerprint density at radius 1 is 1.38 bits per heavy atom. The van der Waals surface area contributed by atoms with Crippen molar-refractivity contribution in [2.75, 3.05) is 24.1 Å². The zero-order chi connectivity index (χ0) is 15.6. The van der Waals surface area contributed by atoms with Crippen LogP contribution in [0.1, 0.15) is 26.7 Å². The van der Waals surface area contributed by atoms with Gasteiger partial charge in [0.2, 0.25) is 5.91 Å². The first-order chi connectivity index (χ1) is 9.86. The summed E-state index contributed by atoms with van der Waals surface area (Å²) in [5.41, 5.74) is 6.67. The van der Waals surface area contributed by atoms with Crippen molar-refractivity contribution in [1.29, 1.82) is 0 Å². The number of hydrogen-bond acceptors (Lipinski definition) is 3. The van der Waals surface area contributed by atoms with E-state index in [4.69, 9.17) is 28.9 Å². The number of hydrogen-bond donors (Lipinski definition) is 2. The molecule has 6 heteroatoms. The van der Waals surface area contributed by atoms with Gasteiger partial charge >= 0.3 is 0 Å². The number of amides is 1. The Morgan fingerprint density at radius 3 is 2.76 bits per heavy atom. The molecule has 2 unspecified atom stereocenters. The number of halogens is 2. The number of likely N-dealkylation sites (tertiary alicyclic amines) is 1. The summed E-state index contributed by atoms with van der Waals surface area (Å²) in [6.45, 7) is 5.66. The first-order valence-electron chi connectivity index (χ1n) is 7.15. The fraction of sp³-hybridized carbons (Fsp3) is 0.533. The molecule has 1 aromatic carbocycles. The van der Waals surface area contributed by atoms with Gasteiger partial charge in [0.15, 0.2) is 0 Å². The lowest BCUT2D eigenvalue weighted by Crippen LogP contribution is -2.45. The lowest BCUT2D eigenvalue weighted by molar-refractivity contribution is -0.118. The summed E-state index contributed by atoms with van der Waals surface area (Å²) in [4.78, 5) is 14.4. The number of benzene rings is 1. The lowest BCUT2D eigenvalue weighted by Gasteiger charge is -2.36. The van der Waals surface area contributed by atoms with Crippen LogP contribution in [0.25, 0.3) is 0 Å². The van der Waals surface area contributed by atoms with Crippen LogP contribution in [0.4, 0.5) is 11.4 Å². The van der Waals surface area contributed by atoms with Crippen LogP contribution in [0.3, 0.4) is 0 Å². The fourth-order valence-corrected chi connectivity index (χ4v) is 3.25. The molecule has 0 saturated carbocycles. The van der Waals surface area contributed by atoms with Crippen molar-refractivity contribution in [1.82, 2.24) is 4.90 Å². The molecule has 21 heavy (non-hydrogen) atoms. The predicted molar refractivity (Wildman–Crippen MR) is 88.9 cm³/mol. The van der Waals surface area contributed by atoms with Crippen molar-refractivity contribution in [3.63, 3.8) is 0 Å². The summed E-state index contributed by atoms with van der Waals surface area (Å²) in [6.07, 6.45) is 2.34. The average molecular weight is 330 g/mol. The molecule has 1 saturated heterocycles. The van der Waals surface area contributed by atoms with E-state index < -0.39 is 0 Å². The summed E-state index contributed by atoms with van der Waals surface area (Å²) >= 11 is 11.9. The molecule has 2 rings (SSSR count). The van der Waals surface area contributed by atoms with E-state index in [1.807, 2.05) is 0 Å².